The van der Waals surface area contributed by atoms with Crippen molar-refractivity contribution in [2.45, 2.75) is 38.4 Å². The number of rotatable bonds is 6. The number of carbonyl (C=O) groups excluding carboxylic acids is 1. The number of hydrogen-bond donors (Lipinski definition) is 0. The van der Waals surface area contributed by atoms with Crippen LogP contribution in [0.5, 0.6) is 0 Å². The van der Waals surface area contributed by atoms with E-state index in [1.54, 1.807) is 30.3 Å². The fourth-order valence-corrected chi connectivity index (χ4v) is 4.24. The summed E-state index contributed by atoms with van der Waals surface area (Å²) in [5.74, 6) is -1.11. The number of alkyl halides is 3. The molecule has 2 heterocycles. The molecule has 0 spiro atoms. The Morgan fingerprint density at radius 3 is 2.50 bits per heavy atom. The number of hydrogen-bond acceptors (Lipinski definition) is 6. The molecule has 7 nitrogen and oxygen atoms in total. The second-order valence-corrected chi connectivity index (χ2v) is 8.54. The average molecular weight is 493 g/mol. The minimum absolute atomic E-state index is 0.00454. The van der Waals surface area contributed by atoms with E-state index in [-0.39, 0.29) is 28.5 Å². The summed E-state index contributed by atoms with van der Waals surface area (Å²) in [6, 6.07) is 12.5. The highest BCUT2D eigenvalue weighted by Gasteiger charge is 2.35. The third-order valence-corrected chi connectivity index (χ3v) is 6.04. The van der Waals surface area contributed by atoms with Gasteiger partial charge in [-0.25, -0.2) is 0 Å². The third kappa shape index (κ3) is 4.93. The van der Waals surface area contributed by atoms with Gasteiger partial charge in [0.15, 0.2) is 0 Å². The fraction of sp³-hybridized carbons (Fsp3) is 0.231. The van der Waals surface area contributed by atoms with Crippen LogP contribution in [0.1, 0.15) is 52.9 Å². The van der Waals surface area contributed by atoms with Crippen molar-refractivity contribution in [3.63, 3.8) is 0 Å². The van der Waals surface area contributed by atoms with Crippen LogP contribution in [0, 0.1) is 0 Å². The topological polar surface area (TPSA) is 96.9 Å². The van der Waals surface area contributed by atoms with Crippen LogP contribution < -0.4 is 5.11 Å². The summed E-state index contributed by atoms with van der Waals surface area (Å²) in [7, 11) is 0. The van der Waals surface area contributed by atoms with Gasteiger partial charge in [0.1, 0.15) is 5.69 Å². The number of aromatic carboxylic acids is 1. The van der Waals surface area contributed by atoms with Gasteiger partial charge in [0, 0.05) is 17.3 Å². The molecule has 0 radical (unpaired) electrons. The maximum atomic E-state index is 13.9. The van der Waals surface area contributed by atoms with Crippen molar-refractivity contribution < 1.29 is 27.6 Å². The lowest BCUT2D eigenvalue weighted by Gasteiger charge is -2.18. The first-order chi connectivity index (χ1) is 17.3. The first-order valence-corrected chi connectivity index (χ1v) is 11.4. The Labute approximate surface area is 203 Å². The summed E-state index contributed by atoms with van der Waals surface area (Å²) in [5.41, 5.74) is 1.71. The van der Waals surface area contributed by atoms with Crippen molar-refractivity contribution in [1.82, 2.24) is 19.9 Å². The Morgan fingerprint density at radius 1 is 1.06 bits per heavy atom. The molecule has 1 aliphatic rings. The van der Waals surface area contributed by atoms with Gasteiger partial charge in [0.25, 0.3) is 5.89 Å². The number of benzene rings is 2. The Balaban J connectivity index is 1.37. The van der Waals surface area contributed by atoms with Gasteiger partial charge in [-0.05, 0) is 60.6 Å². The van der Waals surface area contributed by atoms with Crippen molar-refractivity contribution in [2.24, 2.45) is 0 Å². The SMILES string of the molecule is O=C([O-])c1ccn(Cc2ccc(-c3noc(-c4ccc(C5=CCCCC5)c(C(F)(F)F)c4)n3)cc2)n1. The molecule has 0 amide bonds. The summed E-state index contributed by atoms with van der Waals surface area (Å²) < 4.78 is 48.4. The molecular formula is C26H20F3N4O3-. The van der Waals surface area contributed by atoms with Gasteiger partial charge in [-0.1, -0.05) is 41.6 Å². The highest BCUT2D eigenvalue weighted by molar-refractivity contribution is 5.83. The van der Waals surface area contributed by atoms with Crippen molar-refractivity contribution in [2.75, 3.05) is 0 Å². The van der Waals surface area contributed by atoms with Crippen molar-refractivity contribution >= 4 is 11.5 Å². The van der Waals surface area contributed by atoms with E-state index in [0.29, 0.717) is 18.5 Å². The number of carboxylic acid groups (broad SMARTS) is 1. The molecule has 0 N–H and O–H groups in total. The van der Waals surface area contributed by atoms with Crippen LogP contribution in [0.2, 0.25) is 0 Å². The minimum Gasteiger partial charge on any atom is -0.543 e. The van der Waals surface area contributed by atoms with Crippen LogP contribution in [0.3, 0.4) is 0 Å². The Hall–Kier alpha value is -4.21. The maximum Gasteiger partial charge on any atom is 0.417 e. The predicted octanol–water partition coefficient (Wildman–Crippen LogP) is 4.99. The number of carboxylic acids is 1. The molecule has 10 heteroatoms. The lowest BCUT2D eigenvalue weighted by atomic mass is 9.89. The molecule has 5 rings (SSSR count). The molecule has 36 heavy (non-hydrogen) atoms. The molecular weight excluding hydrogens is 473 g/mol. The number of halogens is 3. The van der Waals surface area contributed by atoms with E-state index >= 15 is 0 Å². The van der Waals surface area contributed by atoms with Crippen LogP contribution >= 0.6 is 0 Å². The smallest absolute Gasteiger partial charge is 0.417 e. The summed E-state index contributed by atoms with van der Waals surface area (Å²) in [6.07, 6.45) is 2.18. The lowest BCUT2D eigenvalue weighted by Crippen LogP contribution is -2.23. The van der Waals surface area contributed by atoms with Gasteiger partial charge in [-0.3, -0.25) is 4.68 Å². The molecule has 184 valence electrons. The first kappa shape index (κ1) is 23.5. The normalized spacial score (nSPS) is 14.0. The summed E-state index contributed by atoms with van der Waals surface area (Å²) in [4.78, 5) is 15.2. The second kappa shape index (κ2) is 9.44. The van der Waals surface area contributed by atoms with Crippen molar-refractivity contribution in [1.29, 1.82) is 0 Å². The Bertz CT molecular complexity index is 1440. The Kier molecular flexibility index (Phi) is 6.17. The average Bonchev–Trinajstić information content (AvgIpc) is 3.55. The molecule has 1 aliphatic carbocycles. The first-order valence-electron chi connectivity index (χ1n) is 11.4. The number of allylic oxidation sites excluding steroid dienone is 2. The summed E-state index contributed by atoms with van der Waals surface area (Å²) >= 11 is 0. The Morgan fingerprint density at radius 2 is 1.83 bits per heavy atom. The minimum atomic E-state index is -4.52. The molecule has 0 fully saturated rings. The van der Waals surface area contributed by atoms with E-state index in [1.807, 2.05) is 6.08 Å². The zero-order chi connectivity index (χ0) is 25.3. The molecule has 0 atom stereocenters. The van der Waals surface area contributed by atoms with Crippen LogP contribution in [0.15, 0.2) is 65.3 Å². The maximum absolute atomic E-state index is 13.9. The standard InChI is InChI=1S/C26H21F3N4O3/c27-26(28,29)21-14-19(10-11-20(21)17-4-2-1-3-5-17)24-30-23(32-36-24)18-8-6-16(7-9-18)15-33-13-12-22(31-33)25(34)35/h4,6-14H,1-3,5,15H2,(H,34,35)/p-1. The van der Waals surface area contributed by atoms with Gasteiger partial charge in [-0.15, -0.1) is 0 Å². The van der Waals surface area contributed by atoms with Crippen molar-refractivity contribution in [3.8, 4) is 22.8 Å². The van der Waals surface area contributed by atoms with Gasteiger partial charge < -0.3 is 14.4 Å². The van der Waals surface area contributed by atoms with E-state index in [4.69, 9.17) is 4.52 Å². The van der Waals surface area contributed by atoms with Crippen LogP contribution in [0.25, 0.3) is 28.4 Å². The molecule has 2 aromatic heterocycles. The summed E-state index contributed by atoms with van der Waals surface area (Å²) in [5, 5.41) is 18.7. The monoisotopic (exact) mass is 493 g/mol. The van der Waals surface area contributed by atoms with Crippen molar-refractivity contribution in [3.05, 3.63) is 83.2 Å². The van der Waals surface area contributed by atoms with Crippen LogP contribution in [-0.4, -0.2) is 25.9 Å². The lowest BCUT2D eigenvalue weighted by molar-refractivity contribution is -0.255. The third-order valence-electron chi connectivity index (χ3n) is 6.04. The molecule has 0 aliphatic heterocycles. The van der Waals surface area contributed by atoms with Crippen LogP contribution in [0.4, 0.5) is 13.2 Å². The van der Waals surface area contributed by atoms with Crippen LogP contribution in [-0.2, 0) is 12.7 Å². The van der Waals surface area contributed by atoms with Gasteiger partial charge >= 0.3 is 6.18 Å². The highest BCUT2D eigenvalue weighted by Crippen LogP contribution is 2.40. The zero-order valence-electron chi connectivity index (χ0n) is 19.0. The van der Waals surface area contributed by atoms with E-state index in [1.165, 1.54) is 23.0 Å². The van der Waals surface area contributed by atoms with E-state index in [0.717, 1.165) is 36.5 Å². The van der Waals surface area contributed by atoms with E-state index in [9.17, 15) is 23.1 Å². The zero-order valence-corrected chi connectivity index (χ0v) is 19.0. The fourth-order valence-electron chi connectivity index (χ4n) is 4.24. The molecule has 2 aromatic carbocycles. The number of aromatic nitrogens is 4. The number of nitrogens with zero attached hydrogens (tertiary/aromatic N) is 4. The molecule has 0 saturated carbocycles. The number of carbonyl (C=O) groups is 1. The highest BCUT2D eigenvalue weighted by atomic mass is 19.4. The summed E-state index contributed by atoms with van der Waals surface area (Å²) in [6.45, 7) is 0.341. The van der Waals surface area contributed by atoms with Gasteiger partial charge in [-0.2, -0.15) is 23.3 Å². The molecule has 0 bridgehead atoms. The largest absolute Gasteiger partial charge is 0.543 e. The predicted molar refractivity (Wildman–Crippen MR) is 122 cm³/mol. The van der Waals surface area contributed by atoms with E-state index < -0.39 is 17.7 Å². The molecule has 0 unspecified atom stereocenters. The van der Waals surface area contributed by atoms with Gasteiger partial charge in [0.2, 0.25) is 5.82 Å². The second-order valence-electron chi connectivity index (χ2n) is 8.54. The van der Waals surface area contributed by atoms with Gasteiger partial charge in [0.05, 0.1) is 18.1 Å². The molecule has 0 saturated heterocycles. The quantitative estimate of drug-likeness (QED) is 0.376. The molecule has 4 aromatic rings. The van der Waals surface area contributed by atoms with E-state index in [2.05, 4.69) is 15.2 Å².